The molecule has 0 spiro atoms. The predicted octanol–water partition coefficient (Wildman–Crippen LogP) is 5.42. The van der Waals surface area contributed by atoms with Crippen LogP contribution in [-0.4, -0.2) is 11.1 Å². The van der Waals surface area contributed by atoms with Gasteiger partial charge in [0.1, 0.15) is 23.7 Å². The quantitative estimate of drug-likeness (QED) is 0.345. The number of hydrogen-bond acceptors (Lipinski definition) is 6. The number of anilines is 1. The van der Waals surface area contributed by atoms with E-state index in [4.69, 9.17) is 13.7 Å². The number of para-hydroxylation sites is 1. The molecule has 1 aliphatic heterocycles. The number of amides is 1. The minimum absolute atomic E-state index is 0.0174. The first-order chi connectivity index (χ1) is 17.1. The van der Waals surface area contributed by atoms with Crippen molar-refractivity contribution in [1.29, 1.82) is 0 Å². The molecule has 1 aliphatic rings. The molecular weight excluding hydrogens is 444 g/mol. The van der Waals surface area contributed by atoms with Crippen LogP contribution in [0.25, 0.3) is 11.0 Å². The Hall–Kier alpha value is -4.65. The van der Waals surface area contributed by atoms with Crippen molar-refractivity contribution < 1.29 is 18.5 Å². The van der Waals surface area contributed by atoms with Crippen LogP contribution in [0.3, 0.4) is 0 Å². The number of ether oxygens (including phenoxy) is 1. The third kappa shape index (κ3) is 3.58. The highest BCUT2D eigenvalue weighted by Gasteiger charge is 2.44. The average Bonchev–Trinajstić information content (AvgIpc) is 3.44. The van der Waals surface area contributed by atoms with Crippen molar-refractivity contribution in [1.82, 2.24) is 5.16 Å². The Morgan fingerprint density at radius 1 is 0.943 bits per heavy atom. The first-order valence-electron chi connectivity index (χ1n) is 11.2. The Labute approximate surface area is 200 Å². The number of rotatable bonds is 5. The summed E-state index contributed by atoms with van der Waals surface area (Å²) in [6, 6.07) is 25.1. The van der Waals surface area contributed by atoms with E-state index in [9.17, 15) is 9.59 Å². The maximum Gasteiger partial charge on any atom is 0.296 e. The molecule has 7 nitrogen and oxygen atoms in total. The molecule has 0 saturated carbocycles. The number of aryl methyl sites for hydroxylation is 1. The summed E-state index contributed by atoms with van der Waals surface area (Å²) < 4.78 is 17.1. The molecular formula is C28H20N2O5. The van der Waals surface area contributed by atoms with Crippen LogP contribution in [-0.2, 0) is 6.61 Å². The normalized spacial score (nSPS) is 14.9. The second-order valence-electron chi connectivity index (χ2n) is 8.39. The number of carbonyl (C=O) groups excluding carboxylic acids is 1. The summed E-state index contributed by atoms with van der Waals surface area (Å²) in [5.74, 6) is 1.12. The lowest BCUT2D eigenvalue weighted by Crippen LogP contribution is -2.29. The van der Waals surface area contributed by atoms with E-state index in [2.05, 4.69) is 5.16 Å². The van der Waals surface area contributed by atoms with Gasteiger partial charge in [0.05, 0.1) is 17.0 Å². The molecule has 172 valence electrons. The van der Waals surface area contributed by atoms with E-state index in [0.717, 1.165) is 11.1 Å². The maximum absolute atomic E-state index is 13.6. The second-order valence-corrected chi connectivity index (χ2v) is 8.39. The minimum Gasteiger partial charge on any atom is -0.489 e. The van der Waals surface area contributed by atoms with Gasteiger partial charge in [-0.25, -0.2) is 0 Å². The van der Waals surface area contributed by atoms with Gasteiger partial charge in [-0.3, -0.25) is 14.5 Å². The highest BCUT2D eigenvalue weighted by Crippen LogP contribution is 2.41. The number of aromatic nitrogens is 1. The molecule has 0 N–H and O–H groups in total. The highest BCUT2D eigenvalue weighted by atomic mass is 16.5. The largest absolute Gasteiger partial charge is 0.489 e. The van der Waals surface area contributed by atoms with Gasteiger partial charge in [0.25, 0.3) is 5.91 Å². The van der Waals surface area contributed by atoms with Gasteiger partial charge in [-0.15, -0.1) is 0 Å². The van der Waals surface area contributed by atoms with Crippen LogP contribution >= 0.6 is 0 Å². The Morgan fingerprint density at radius 3 is 2.43 bits per heavy atom. The van der Waals surface area contributed by atoms with Crippen LogP contribution in [0.15, 0.2) is 98.7 Å². The molecule has 1 atom stereocenters. The zero-order valence-corrected chi connectivity index (χ0v) is 18.8. The lowest BCUT2D eigenvalue weighted by Gasteiger charge is -2.22. The van der Waals surface area contributed by atoms with Crippen LogP contribution in [0.2, 0.25) is 0 Å². The molecule has 0 radical (unpaired) electrons. The minimum atomic E-state index is -0.717. The van der Waals surface area contributed by atoms with Gasteiger partial charge < -0.3 is 13.7 Å². The van der Waals surface area contributed by atoms with Crippen molar-refractivity contribution in [2.45, 2.75) is 19.6 Å². The topological polar surface area (TPSA) is 85.8 Å². The molecule has 3 aromatic carbocycles. The molecule has 35 heavy (non-hydrogen) atoms. The van der Waals surface area contributed by atoms with Crippen LogP contribution in [0.5, 0.6) is 5.75 Å². The zero-order valence-electron chi connectivity index (χ0n) is 18.8. The van der Waals surface area contributed by atoms with E-state index in [1.807, 2.05) is 54.6 Å². The van der Waals surface area contributed by atoms with Crippen molar-refractivity contribution in [2.24, 2.45) is 0 Å². The lowest BCUT2D eigenvalue weighted by molar-refractivity contribution is 0.0969. The van der Waals surface area contributed by atoms with Gasteiger partial charge in [0.15, 0.2) is 11.2 Å². The molecule has 0 saturated heterocycles. The van der Waals surface area contributed by atoms with Crippen molar-refractivity contribution >= 4 is 22.7 Å². The fourth-order valence-corrected chi connectivity index (χ4v) is 4.43. The van der Waals surface area contributed by atoms with Gasteiger partial charge in [-0.2, -0.15) is 0 Å². The molecule has 0 fully saturated rings. The van der Waals surface area contributed by atoms with Crippen molar-refractivity contribution in [3.8, 4) is 5.75 Å². The first kappa shape index (κ1) is 20.9. The number of fused-ring (bicyclic) bond motifs is 2. The lowest BCUT2D eigenvalue weighted by atomic mass is 9.98. The van der Waals surface area contributed by atoms with Gasteiger partial charge in [0, 0.05) is 6.07 Å². The summed E-state index contributed by atoms with van der Waals surface area (Å²) in [7, 11) is 0. The second kappa shape index (κ2) is 8.29. The summed E-state index contributed by atoms with van der Waals surface area (Å²) in [4.78, 5) is 28.5. The van der Waals surface area contributed by atoms with Crippen molar-refractivity contribution in [3.05, 3.63) is 123 Å². The summed E-state index contributed by atoms with van der Waals surface area (Å²) >= 11 is 0. The van der Waals surface area contributed by atoms with Crippen molar-refractivity contribution in [2.75, 3.05) is 4.90 Å². The standard InChI is InChI=1S/C28H20N2O5/c1-17-15-23(29-35-17)30-25(19-11-13-20(14-12-19)33-16-18-7-3-2-4-8-18)24-26(31)21-9-5-6-10-22(21)34-27(24)28(30)32/h2-15,25H,16H2,1H3/t25-/m1/s1. The number of carbonyl (C=O) groups is 1. The zero-order chi connectivity index (χ0) is 23.9. The maximum atomic E-state index is 13.6. The van der Waals surface area contributed by atoms with E-state index < -0.39 is 11.9 Å². The van der Waals surface area contributed by atoms with Gasteiger partial charge >= 0.3 is 0 Å². The smallest absolute Gasteiger partial charge is 0.296 e. The summed E-state index contributed by atoms with van der Waals surface area (Å²) in [6.45, 7) is 2.18. The third-order valence-electron chi connectivity index (χ3n) is 6.08. The summed E-state index contributed by atoms with van der Waals surface area (Å²) in [6.07, 6.45) is 0. The predicted molar refractivity (Wildman–Crippen MR) is 130 cm³/mol. The van der Waals surface area contributed by atoms with Crippen LogP contribution in [0.1, 0.15) is 39.0 Å². The Balaban J connectivity index is 1.43. The molecule has 0 aliphatic carbocycles. The number of hydrogen-bond donors (Lipinski definition) is 0. The summed E-state index contributed by atoms with van der Waals surface area (Å²) in [5, 5.41) is 4.47. The van der Waals surface area contributed by atoms with E-state index >= 15 is 0 Å². The number of nitrogens with zero attached hydrogens (tertiary/aromatic N) is 2. The first-order valence-corrected chi connectivity index (χ1v) is 11.2. The highest BCUT2D eigenvalue weighted by molar-refractivity contribution is 6.10. The van der Waals surface area contributed by atoms with Gasteiger partial charge in [0.2, 0.25) is 5.76 Å². The van der Waals surface area contributed by atoms with E-state index in [1.165, 1.54) is 4.90 Å². The molecule has 1 amide bonds. The monoisotopic (exact) mass is 464 g/mol. The number of benzene rings is 3. The Kier molecular flexibility index (Phi) is 4.95. The average molecular weight is 464 g/mol. The molecule has 3 heterocycles. The third-order valence-corrected chi connectivity index (χ3v) is 6.08. The van der Waals surface area contributed by atoms with E-state index in [1.54, 1.807) is 37.3 Å². The van der Waals surface area contributed by atoms with Crippen LogP contribution < -0.4 is 15.1 Å². The van der Waals surface area contributed by atoms with Crippen molar-refractivity contribution in [3.63, 3.8) is 0 Å². The molecule has 0 unspecified atom stereocenters. The molecule has 2 aromatic heterocycles. The molecule has 0 bridgehead atoms. The molecule has 6 rings (SSSR count). The van der Waals surface area contributed by atoms with Crippen LogP contribution in [0, 0.1) is 6.92 Å². The van der Waals surface area contributed by atoms with Gasteiger partial charge in [-0.05, 0) is 42.3 Å². The Bertz CT molecular complexity index is 1600. The SMILES string of the molecule is Cc1cc(N2C(=O)c3oc4ccccc4c(=O)c3[C@H]2c2ccc(OCc3ccccc3)cc2)no1. The van der Waals surface area contributed by atoms with E-state index in [-0.39, 0.29) is 16.8 Å². The molecule has 5 aromatic rings. The van der Waals surface area contributed by atoms with Crippen LogP contribution in [0.4, 0.5) is 5.82 Å². The Morgan fingerprint density at radius 2 is 1.69 bits per heavy atom. The van der Waals surface area contributed by atoms with Gasteiger partial charge in [-0.1, -0.05) is 59.8 Å². The summed E-state index contributed by atoms with van der Waals surface area (Å²) in [5.41, 5.74) is 2.20. The fourth-order valence-electron chi connectivity index (χ4n) is 4.43. The molecule has 7 heteroatoms. The van der Waals surface area contributed by atoms with E-state index in [0.29, 0.717) is 34.9 Å². The fraction of sp³-hybridized carbons (Fsp3) is 0.107.